The van der Waals surface area contributed by atoms with E-state index in [4.69, 9.17) is 9.47 Å². The highest BCUT2D eigenvalue weighted by atomic mass is 16.5. The molecule has 2 atom stereocenters. The fourth-order valence-corrected chi connectivity index (χ4v) is 3.72. The van der Waals surface area contributed by atoms with E-state index in [2.05, 4.69) is 43.4 Å². The van der Waals surface area contributed by atoms with Crippen molar-refractivity contribution < 1.29 is 9.47 Å². The van der Waals surface area contributed by atoms with Crippen molar-refractivity contribution in [1.82, 2.24) is 5.32 Å². The number of nitrogens with one attached hydrogen (secondary N) is 1. The molecule has 1 fully saturated rings. The normalized spacial score (nSPS) is 28.1. The van der Waals surface area contributed by atoms with Crippen LogP contribution in [0.2, 0.25) is 0 Å². The molecule has 1 saturated heterocycles. The van der Waals surface area contributed by atoms with Crippen molar-refractivity contribution in [3.63, 3.8) is 0 Å². The predicted octanol–water partition coefficient (Wildman–Crippen LogP) is 3.59. The van der Waals surface area contributed by atoms with E-state index >= 15 is 0 Å². The number of benzene rings is 1. The molecule has 3 nitrogen and oxygen atoms in total. The molecule has 2 unspecified atom stereocenters. The van der Waals surface area contributed by atoms with Crippen LogP contribution in [-0.4, -0.2) is 24.9 Å². The molecule has 1 aromatic rings. The molecule has 0 bridgehead atoms. The van der Waals surface area contributed by atoms with E-state index in [-0.39, 0.29) is 5.60 Å². The lowest BCUT2D eigenvalue weighted by Crippen LogP contribution is -2.48. The molecule has 0 saturated carbocycles. The third-order valence-electron chi connectivity index (χ3n) is 5.19. The van der Waals surface area contributed by atoms with Crippen molar-refractivity contribution in [2.75, 3.05) is 13.2 Å². The summed E-state index contributed by atoms with van der Waals surface area (Å²) in [6.45, 7) is 6.87. The van der Waals surface area contributed by atoms with Gasteiger partial charge < -0.3 is 14.8 Å². The standard InChI is InChI=1S/C18H27NO2/c1-3-18(4-2)11-15(9-10-21-18)19-17-13-20-12-14-7-5-6-8-16(14)17/h5-8,15,17,19H,3-4,9-13H2,1-2H3. The van der Waals surface area contributed by atoms with Gasteiger partial charge in [-0.15, -0.1) is 0 Å². The first-order valence-corrected chi connectivity index (χ1v) is 8.32. The average molecular weight is 289 g/mol. The number of hydrogen-bond donors (Lipinski definition) is 1. The first-order valence-electron chi connectivity index (χ1n) is 8.32. The van der Waals surface area contributed by atoms with E-state index < -0.39 is 0 Å². The highest BCUT2D eigenvalue weighted by Crippen LogP contribution is 2.33. The van der Waals surface area contributed by atoms with Crippen molar-refractivity contribution in [1.29, 1.82) is 0 Å². The lowest BCUT2D eigenvalue weighted by Gasteiger charge is -2.42. The molecular weight excluding hydrogens is 262 g/mol. The van der Waals surface area contributed by atoms with Crippen LogP contribution in [0.4, 0.5) is 0 Å². The summed E-state index contributed by atoms with van der Waals surface area (Å²) in [5.41, 5.74) is 2.81. The van der Waals surface area contributed by atoms with E-state index in [0.717, 1.165) is 45.5 Å². The summed E-state index contributed by atoms with van der Waals surface area (Å²) in [5, 5.41) is 3.83. The maximum atomic E-state index is 6.08. The van der Waals surface area contributed by atoms with Gasteiger partial charge in [0, 0.05) is 12.6 Å². The molecule has 3 heteroatoms. The van der Waals surface area contributed by atoms with Gasteiger partial charge in [0.15, 0.2) is 0 Å². The van der Waals surface area contributed by atoms with Crippen LogP contribution >= 0.6 is 0 Å². The Kier molecular flexibility index (Phi) is 4.63. The number of fused-ring (bicyclic) bond motifs is 1. The smallest absolute Gasteiger partial charge is 0.0721 e. The van der Waals surface area contributed by atoms with Crippen molar-refractivity contribution in [3.05, 3.63) is 35.4 Å². The zero-order valence-electron chi connectivity index (χ0n) is 13.2. The summed E-state index contributed by atoms with van der Waals surface area (Å²) in [6.07, 6.45) is 4.40. The molecule has 3 rings (SSSR count). The number of rotatable bonds is 4. The Hall–Kier alpha value is -0.900. The molecule has 2 aliphatic rings. The highest BCUT2D eigenvalue weighted by Gasteiger charge is 2.35. The minimum absolute atomic E-state index is 0.0744. The summed E-state index contributed by atoms with van der Waals surface area (Å²) in [6, 6.07) is 9.49. The molecule has 1 N–H and O–H groups in total. The van der Waals surface area contributed by atoms with Gasteiger partial charge in [-0.2, -0.15) is 0 Å². The first-order chi connectivity index (χ1) is 10.3. The van der Waals surface area contributed by atoms with Gasteiger partial charge in [0.05, 0.1) is 24.9 Å². The summed E-state index contributed by atoms with van der Waals surface area (Å²) in [7, 11) is 0. The molecule has 2 heterocycles. The van der Waals surface area contributed by atoms with Crippen LogP contribution in [-0.2, 0) is 16.1 Å². The minimum atomic E-state index is 0.0744. The SMILES string of the molecule is CCC1(CC)CC(NC2COCc3ccccc32)CCO1. The average Bonchev–Trinajstić information content (AvgIpc) is 2.55. The van der Waals surface area contributed by atoms with Crippen molar-refractivity contribution in [2.45, 2.75) is 63.8 Å². The molecular formula is C18H27NO2. The third-order valence-corrected chi connectivity index (χ3v) is 5.19. The van der Waals surface area contributed by atoms with E-state index in [0.29, 0.717) is 12.1 Å². The molecule has 0 aromatic heterocycles. The quantitative estimate of drug-likeness (QED) is 0.919. The highest BCUT2D eigenvalue weighted by molar-refractivity contribution is 5.31. The molecule has 21 heavy (non-hydrogen) atoms. The second-order valence-electron chi connectivity index (χ2n) is 6.36. The van der Waals surface area contributed by atoms with Crippen LogP contribution in [0.15, 0.2) is 24.3 Å². The van der Waals surface area contributed by atoms with E-state index in [1.54, 1.807) is 0 Å². The zero-order chi connectivity index (χ0) is 14.7. The molecule has 116 valence electrons. The Balaban J connectivity index is 1.70. The van der Waals surface area contributed by atoms with Crippen LogP contribution in [0.5, 0.6) is 0 Å². The summed E-state index contributed by atoms with van der Waals surface area (Å²) in [4.78, 5) is 0. The Labute approximate surface area is 128 Å². The van der Waals surface area contributed by atoms with Gasteiger partial charge in [-0.25, -0.2) is 0 Å². The van der Waals surface area contributed by atoms with Crippen molar-refractivity contribution in [3.8, 4) is 0 Å². The Bertz CT molecular complexity index is 470. The minimum Gasteiger partial charge on any atom is -0.375 e. The number of ether oxygens (including phenoxy) is 2. The van der Waals surface area contributed by atoms with Crippen LogP contribution in [0.3, 0.4) is 0 Å². The van der Waals surface area contributed by atoms with E-state index in [9.17, 15) is 0 Å². The summed E-state index contributed by atoms with van der Waals surface area (Å²) < 4.78 is 11.8. The zero-order valence-corrected chi connectivity index (χ0v) is 13.2. The fraction of sp³-hybridized carbons (Fsp3) is 0.667. The number of hydrogen-bond acceptors (Lipinski definition) is 3. The van der Waals surface area contributed by atoms with Gasteiger partial charge >= 0.3 is 0 Å². The third kappa shape index (κ3) is 3.15. The van der Waals surface area contributed by atoms with Crippen LogP contribution in [0.25, 0.3) is 0 Å². The van der Waals surface area contributed by atoms with Gasteiger partial charge in [0.1, 0.15) is 0 Å². The Morgan fingerprint density at radius 3 is 2.86 bits per heavy atom. The van der Waals surface area contributed by atoms with E-state index in [1.165, 1.54) is 11.1 Å². The van der Waals surface area contributed by atoms with Crippen molar-refractivity contribution in [2.24, 2.45) is 0 Å². The molecule has 0 aliphatic carbocycles. The molecule has 0 radical (unpaired) electrons. The summed E-state index contributed by atoms with van der Waals surface area (Å²) in [5.74, 6) is 0. The van der Waals surface area contributed by atoms with Gasteiger partial charge in [0.25, 0.3) is 0 Å². The van der Waals surface area contributed by atoms with Crippen LogP contribution in [0.1, 0.15) is 56.7 Å². The van der Waals surface area contributed by atoms with Crippen molar-refractivity contribution >= 4 is 0 Å². The second kappa shape index (κ2) is 6.47. The topological polar surface area (TPSA) is 30.5 Å². The fourth-order valence-electron chi connectivity index (χ4n) is 3.72. The summed E-state index contributed by atoms with van der Waals surface area (Å²) >= 11 is 0. The molecule has 0 amide bonds. The first kappa shape index (κ1) is 15.0. The maximum absolute atomic E-state index is 6.08. The van der Waals surface area contributed by atoms with Gasteiger partial charge in [-0.05, 0) is 36.8 Å². The van der Waals surface area contributed by atoms with Crippen LogP contribution < -0.4 is 5.32 Å². The lowest BCUT2D eigenvalue weighted by molar-refractivity contribution is -0.0954. The van der Waals surface area contributed by atoms with Gasteiger partial charge in [-0.1, -0.05) is 38.1 Å². The molecule has 2 aliphatic heterocycles. The maximum Gasteiger partial charge on any atom is 0.0721 e. The Morgan fingerprint density at radius 2 is 2.05 bits per heavy atom. The van der Waals surface area contributed by atoms with Gasteiger partial charge in [0.2, 0.25) is 0 Å². The second-order valence-corrected chi connectivity index (χ2v) is 6.36. The predicted molar refractivity (Wildman–Crippen MR) is 84.3 cm³/mol. The van der Waals surface area contributed by atoms with Gasteiger partial charge in [-0.3, -0.25) is 0 Å². The van der Waals surface area contributed by atoms with E-state index in [1.807, 2.05) is 0 Å². The molecule has 1 aromatic carbocycles. The molecule has 0 spiro atoms. The Morgan fingerprint density at radius 1 is 1.24 bits per heavy atom. The monoisotopic (exact) mass is 289 g/mol. The lowest BCUT2D eigenvalue weighted by atomic mass is 9.85. The van der Waals surface area contributed by atoms with Crippen LogP contribution in [0, 0.1) is 0 Å². The largest absolute Gasteiger partial charge is 0.375 e.